The number of hydrogen-bond acceptors (Lipinski definition) is 4. The largest absolute Gasteiger partial charge is 0.465 e. The number of carboxylic acid groups (broad SMARTS) is 1. The first-order valence-corrected chi connectivity index (χ1v) is 7.53. The monoisotopic (exact) mass is 378 g/mol. The summed E-state index contributed by atoms with van der Waals surface area (Å²) in [6.45, 7) is 1.74. The second-order valence-corrected chi connectivity index (χ2v) is 6.26. The topological polar surface area (TPSA) is 87.5 Å². The van der Waals surface area contributed by atoms with Gasteiger partial charge in [-0.2, -0.15) is 0 Å². The number of hydrogen-bond donors (Lipinski definition) is 2. The normalized spacial score (nSPS) is 19.7. The summed E-state index contributed by atoms with van der Waals surface area (Å²) in [7, 11) is 0. The molecule has 6 nitrogen and oxygen atoms in total. The van der Waals surface area contributed by atoms with Gasteiger partial charge >= 0.3 is 6.09 Å². The van der Waals surface area contributed by atoms with Crippen molar-refractivity contribution in [3.63, 3.8) is 0 Å². The third-order valence-corrected chi connectivity index (χ3v) is 4.15. The third kappa shape index (κ3) is 2.94. The molecule has 1 atom stereocenters. The Balaban J connectivity index is 2.17. The molecule has 0 aliphatic carbocycles. The quantitative estimate of drug-likeness (QED) is 0.798. The minimum Gasteiger partial charge on any atom is -0.465 e. The minimum absolute atomic E-state index is 0.112. The molecular formula is C15H12BrFN4O2. The molecule has 118 valence electrons. The molecule has 1 aliphatic rings. The van der Waals surface area contributed by atoms with Crippen LogP contribution in [-0.4, -0.2) is 27.0 Å². The maximum atomic E-state index is 14.3. The van der Waals surface area contributed by atoms with Crippen LogP contribution >= 0.6 is 15.9 Å². The van der Waals surface area contributed by atoms with Crippen LogP contribution in [0.15, 0.2) is 40.2 Å². The van der Waals surface area contributed by atoms with Gasteiger partial charge in [0.1, 0.15) is 18.0 Å². The van der Waals surface area contributed by atoms with E-state index in [1.807, 2.05) is 0 Å². The SMILES string of the molecule is CC1(c2cc(Br)ccc2F)Cc2ncncc2C(NC(=O)O)=N1. The van der Waals surface area contributed by atoms with E-state index in [-0.39, 0.29) is 5.84 Å². The highest BCUT2D eigenvalue weighted by atomic mass is 79.9. The Morgan fingerprint density at radius 1 is 1.48 bits per heavy atom. The van der Waals surface area contributed by atoms with Gasteiger partial charge in [-0.25, -0.2) is 19.2 Å². The van der Waals surface area contributed by atoms with Crippen molar-refractivity contribution in [3.05, 3.63) is 57.8 Å². The highest BCUT2D eigenvalue weighted by Crippen LogP contribution is 2.36. The molecule has 1 aromatic heterocycles. The van der Waals surface area contributed by atoms with E-state index < -0.39 is 17.4 Å². The molecule has 1 aromatic carbocycles. The van der Waals surface area contributed by atoms with Crippen molar-refractivity contribution in [2.75, 3.05) is 0 Å². The van der Waals surface area contributed by atoms with Crippen molar-refractivity contribution >= 4 is 27.9 Å². The van der Waals surface area contributed by atoms with Gasteiger partial charge in [0.2, 0.25) is 0 Å². The lowest BCUT2D eigenvalue weighted by Gasteiger charge is -2.31. The minimum atomic E-state index is -1.25. The molecule has 0 saturated heterocycles. The van der Waals surface area contributed by atoms with E-state index >= 15 is 0 Å². The molecule has 1 unspecified atom stereocenters. The fourth-order valence-electron chi connectivity index (χ4n) is 2.63. The molecule has 2 aromatic rings. The van der Waals surface area contributed by atoms with Crippen LogP contribution in [0.5, 0.6) is 0 Å². The van der Waals surface area contributed by atoms with Gasteiger partial charge in [-0.15, -0.1) is 0 Å². The van der Waals surface area contributed by atoms with Crippen LogP contribution in [0.4, 0.5) is 9.18 Å². The number of benzene rings is 1. The molecule has 0 fully saturated rings. The Kier molecular flexibility index (Phi) is 3.85. The van der Waals surface area contributed by atoms with Crippen LogP contribution in [0.3, 0.4) is 0 Å². The van der Waals surface area contributed by atoms with E-state index in [0.717, 1.165) is 0 Å². The fraction of sp³-hybridized carbons (Fsp3) is 0.200. The number of aromatic nitrogens is 2. The summed E-state index contributed by atoms with van der Waals surface area (Å²) in [5.41, 5.74) is 0.497. The smallest absolute Gasteiger partial charge is 0.410 e. The Morgan fingerprint density at radius 2 is 2.26 bits per heavy atom. The van der Waals surface area contributed by atoms with Crippen LogP contribution in [-0.2, 0) is 12.0 Å². The Bertz CT molecular complexity index is 827. The van der Waals surface area contributed by atoms with Crippen LogP contribution in [0.25, 0.3) is 0 Å². The number of nitrogens with one attached hydrogen (secondary N) is 1. The van der Waals surface area contributed by atoms with Gasteiger partial charge in [0.25, 0.3) is 0 Å². The summed E-state index contributed by atoms with van der Waals surface area (Å²) in [5, 5.41) is 11.3. The van der Waals surface area contributed by atoms with E-state index in [1.54, 1.807) is 19.1 Å². The molecular weight excluding hydrogens is 367 g/mol. The number of fused-ring (bicyclic) bond motifs is 1. The second-order valence-electron chi connectivity index (χ2n) is 5.35. The average molecular weight is 379 g/mol. The molecule has 3 rings (SSSR count). The number of rotatable bonds is 1. The highest BCUT2D eigenvalue weighted by Gasteiger charge is 2.36. The first-order chi connectivity index (χ1) is 10.9. The molecule has 1 amide bonds. The lowest BCUT2D eigenvalue weighted by molar-refractivity contribution is 0.200. The lowest BCUT2D eigenvalue weighted by Crippen LogP contribution is -2.39. The molecule has 1 aliphatic heterocycles. The van der Waals surface area contributed by atoms with Crippen LogP contribution < -0.4 is 5.32 Å². The van der Waals surface area contributed by atoms with E-state index in [2.05, 4.69) is 36.2 Å². The maximum Gasteiger partial charge on any atom is 0.410 e. The van der Waals surface area contributed by atoms with Gasteiger partial charge in [0.15, 0.2) is 0 Å². The molecule has 23 heavy (non-hydrogen) atoms. The standard InChI is InChI=1S/C15H12BrFN4O2/c1-15(10-4-8(16)2-3-11(10)17)5-12-9(6-18-7-19-12)13(21-15)20-14(22)23/h2-4,6-7H,5H2,1H3,(H,20,21)(H,22,23). The van der Waals surface area contributed by atoms with Crippen molar-refractivity contribution in [3.8, 4) is 0 Å². The molecule has 0 spiro atoms. The molecule has 2 N–H and O–H groups in total. The molecule has 0 saturated carbocycles. The van der Waals surface area contributed by atoms with Gasteiger partial charge < -0.3 is 5.11 Å². The van der Waals surface area contributed by atoms with E-state index in [4.69, 9.17) is 5.11 Å². The molecule has 0 bridgehead atoms. The number of aliphatic imine (C=N–C) groups is 1. The first-order valence-electron chi connectivity index (χ1n) is 6.73. The molecule has 0 radical (unpaired) electrons. The predicted octanol–water partition coefficient (Wildman–Crippen LogP) is 2.86. The Labute approximate surface area is 139 Å². The molecule has 8 heteroatoms. The van der Waals surface area contributed by atoms with Crippen LogP contribution in [0, 0.1) is 5.82 Å². The second kappa shape index (κ2) is 5.69. The van der Waals surface area contributed by atoms with E-state index in [9.17, 15) is 9.18 Å². The first kappa shape index (κ1) is 15.5. The van der Waals surface area contributed by atoms with E-state index in [1.165, 1.54) is 18.6 Å². The van der Waals surface area contributed by atoms with Crippen molar-refractivity contribution in [1.82, 2.24) is 15.3 Å². The summed E-state index contributed by atoms with van der Waals surface area (Å²) in [4.78, 5) is 23.6. The van der Waals surface area contributed by atoms with Gasteiger partial charge in [-0.05, 0) is 25.1 Å². The summed E-state index contributed by atoms with van der Waals surface area (Å²) in [6, 6.07) is 4.59. The van der Waals surface area contributed by atoms with Gasteiger partial charge in [0.05, 0.1) is 16.8 Å². The van der Waals surface area contributed by atoms with E-state index in [0.29, 0.717) is 27.7 Å². The molecule has 2 heterocycles. The summed E-state index contributed by atoms with van der Waals surface area (Å²) in [5.74, 6) is -0.298. The summed E-state index contributed by atoms with van der Waals surface area (Å²) >= 11 is 3.32. The van der Waals surface area contributed by atoms with Crippen molar-refractivity contribution in [1.29, 1.82) is 0 Å². The fourth-order valence-corrected chi connectivity index (χ4v) is 2.99. The van der Waals surface area contributed by atoms with Crippen molar-refractivity contribution in [2.45, 2.75) is 18.9 Å². The summed E-state index contributed by atoms with van der Waals surface area (Å²) in [6.07, 6.45) is 1.95. The van der Waals surface area contributed by atoms with Gasteiger partial charge in [-0.1, -0.05) is 15.9 Å². The average Bonchev–Trinajstić information content (AvgIpc) is 2.49. The zero-order valence-electron chi connectivity index (χ0n) is 12.0. The number of amidine groups is 1. The number of carbonyl (C=O) groups is 1. The zero-order chi connectivity index (χ0) is 16.6. The number of nitrogens with zero attached hydrogens (tertiary/aromatic N) is 3. The van der Waals surface area contributed by atoms with Crippen molar-refractivity contribution in [2.24, 2.45) is 4.99 Å². The third-order valence-electron chi connectivity index (χ3n) is 3.65. The number of halogens is 2. The highest BCUT2D eigenvalue weighted by molar-refractivity contribution is 9.10. The van der Waals surface area contributed by atoms with Crippen molar-refractivity contribution < 1.29 is 14.3 Å². The van der Waals surface area contributed by atoms with Gasteiger partial charge in [0, 0.05) is 22.7 Å². The lowest BCUT2D eigenvalue weighted by atomic mass is 9.84. The van der Waals surface area contributed by atoms with Gasteiger partial charge in [-0.3, -0.25) is 10.3 Å². The Hall–Kier alpha value is -2.35. The predicted molar refractivity (Wildman–Crippen MR) is 84.9 cm³/mol. The van der Waals surface area contributed by atoms with Crippen LogP contribution in [0.1, 0.15) is 23.7 Å². The number of amides is 1. The maximum absolute atomic E-state index is 14.3. The Morgan fingerprint density at radius 3 is 3.00 bits per heavy atom. The van der Waals surface area contributed by atoms with Crippen LogP contribution in [0.2, 0.25) is 0 Å². The zero-order valence-corrected chi connectivity index (χ0v) is 13.6. The summed E-state index contributed by atoms with van der Waals surface area (Å²) < 4.78 is 15.0.